The summed E-state index contributed by atoms with van der Waals surface area (Å²) in [7, 11) is 1.62. The minimum absolute atomic E-state index is 0.392. The van der Waals surface area contributed by atoms with Gasteiger partial charge in [0.15, 0.2) is 0 Å². The second kappa shape index (κ2) is 3.01. The highest BCUT2D eigenvalue weighted by molar-refractivity contribution is 5.84. The Morgan fingerprint density at radius 2 is 2.55 bits per heavy atom. The largest absolute Gasteiger partial charge is 0.369 e. The highest BCUT2D eigenvalue weighted by atomic mass is 15.3. The van der Waals surface area contributed by atoms with Gasteiger partial charge in [-0.1, -0.05) is 6.58 Å². The molecule has 4 heteroatoms. The van der Waals surface area contributed by atoms with E-state index in [1.165, 1.54) is 0 Å². The van der Waals surface area contributed by atoms with Gasteiger partial charge in [0.1, 0.15) is 5.82 Å². The summed E-state index contributed by atoms with van der Waals surface area (Å²) in [5, 5.41) is 0. The monoisotopic (exact) mass is 150 g/mol. The van der Waals surface area contributed by atoms with E-state index in [9.17, 15) is 0 Å². The van der Waals surface area contributed by atoms with E-state index in [0.29, 0.717) is 11.8 Å². The molecule has 0 saturated carbocycles. The van der Waals surface area contributed by atoms with Gasteiger partial charge >= 0.3 is 0 Å². The second-order valence-electron chi connectivity index (χ2n) is 1.99. The fourth-order valence-corrected chi connectivity index (χ4v) is 0.718. The molecular formula is C7H10N4. The van der Waals surface area contributed by atoms with Gasteiger partial charge < -0.3 is 5.73 Å². The van der Waals surface area contributed by atoms with Crippen molar-refractivity contribution in [2.45, 2.75) is 0 Å². The molecule has 1 aliphatic heterocycles. The highest BCUT2D eigenvalue weighted by Crippen LogP contribution is 2.06. The normalized spacial score (nSPS) is 17.7. The van der Waals surface area contributed by atoms with Crippen LogP contribution >= 0.6 is 0 Å². The molecular weight excluding hydrogens is 140 g/mol. The Bertz CT molecular complexity index is 247. The lowest BCUT2D eigenvalue weighted by molar-refractivity contribution is 0.667. The Kier molecular flexibility index (Phi) is 2.06. The Morgan fingerprint density at radius 3 is 3.09 bits per heavy atom. The second-order valence-corrected chi connectivity index (χ2v) is 1.99. The molecule has 0 spiro atoms. The predicted molar refractivity (Wildman–Crippen MR) is 46.2 cm³/mol. The number of rotatable bonds is 0. The first kappa shape index (κ1) is 7.53. The summed E-state index contributed by atoms with van der Waals surface area (Å²) >= 11 is 0. The van der Waals surface area contributed by atoms with E-state index in [-0.39, 0.29) is 0 Å². The average Bonchev–Trinajstić information content (AvgIpc) is 2.04. The molecule has 0 atom stereocenters. The molecule has 0 aromatic carbocycles. The topological polar surface area (TPSA) is 54.0 Å². The van der Waals surface area contributed by atoms with Crippen LogP contribution in [0, 0.1) is 0 Å². The molecule has 1 aliphatic rings. The van der Waals surface area contributed by atoms with Crippen LogP contribution in [0.2, 0.25) is 0 Å². The summed E-state index contributed by atoms with van der Waals surface area (Å²) in [6, 6.07) is 0. The number of hydrogen-bond acceptors (Lipinski definition) is 2. The van der Waals surface area contributed by atoms with Crippen molar-refractivity contribution in [2.24, 2.45) is 15.7 Å². The van der Waals surface area contributed by atoms with Crippen LogP contribution in [0.25, 0.3) is 0 Å². The third-order valence-corrected chi connectivity index (χ3v) is 1.30. The van der Waals surface area contributed by atoms with Crippen molar-refractivity contribution in [3.63, 3.8) is 0 Å². The van der Waals surface area contributed by atoms with Gasteiger partial charge in [-0.25, -0.2) is 4.99 Å². The van der Waals surface area contributed by atoms with Gasteiger partial charge in [-0.3, -0.25) is 9.89 Å². The summed E-state index contributed by atoms with van der Waals surface area (Å²) in [4.78, 5) is 9.35. The van der Waals surface area contributed by atoms with Crippen LogP contribution in [0.3, 0.4) is 0 Å². The van der Waals surface area contributed by atoms with E-state index in [1.54, 1.807) is 30.4 Å². The van der Waals surface area contributed by atoms with E-state index in [2.05, 4.69) is 16.6 Å². The summed E-state index contributed by atoms with van der Waals surface area (Å²) in [5.41, 5.74) is 5.53. The van der Waals surface area contributed by atoms with Crippen molar-refractivity contribution < 1.29 is 0 Å². The number of nitrogens with two attached hydrogens (primary N) is 1. The highest BCUT2D eigenvalue weighted by Gasteiger charge is 2.07. The minimum atomic E-state index is 0.392. The van der Waals surface area contributed by atoms with Gasteiger partial charge in [0, 0.05) is 19.5 Å². The summed E-state index contributed by atoms with van der Waals surface area (Å²) in [6.45, 7) is 3.68. The SMILES string of the molecule is C=C1N=CC=CN1C(N)=NC. The molecule has 58 valence electrons. The van der Waals surface area contributed by atoms with E-state index in [1.807, 2.05) is 0 Å². The van der Waals surface area contributed by atoms with Crippen LogP contribution in [-0.2, 0) is 0 Å². The lowest BCUT2D eigenvalue weighted by atomic mass is 10.5. The predicted octanol–water partition coefficient (Wildman–Crippen LogP) is 0.302. The van der Waals surface area contributed by atoms with Crippen LogP contribution in [-0.4, -0.2) is 24.1 Å². The Labute approximate surface area is 65.4 Å². The molecule has 0 aliphatic carbocycles. The number of guanidine groups is 1. The van der Waals surface area contributed by atoms with Crippen LogP contribution in [0.5, 0.6) is 0 Å². The third-order valence-electron chi connectivity index (χ3n) is 1.30. The molecule has 1 rings (SSSR count). The van der Waals surface area contributed by atoms with Crippen LogP contribution in [0.15, 0.2) is 34.7 Å². The first-order valence-electron chi connectivity index (χ1n) is 3.17. The molecule has 0 aromatic heterocycles. The Morgan fingerprint density at radius 1 is 1.82 bits per heavy atom. The number of hydrogen-bond donors (Lipinski definition) is 1. The summed E-state index contributed by atoms with van der Waals surface area (Å²) in [6.07, 6.45) is 5.19. The number of allylic oxidation sites excluding steroid dienone is 1. The van der Waals surface area contributed by atoms with E-state index < -0.39 is 0 Å². The van der Waals surface area contributed by atoms with Gasteiger partial charge in [-0.15, -0.1) is 0 Å². The first-order chi connectivity index (χ1) is 5.25. The van der Waals surface area contributed by atoms with Crippen LogP contribution in [0.1, 0.15) is 0 Å². The smallest absolute Gasteiger partial charge is 0.200 e. The molecule has 0 amide bonds. The molecule has 0 saturated heterocycles. The summed E-state index contributed by atoms with van der Waals surface area (Å²) in [5.74, 6) is 0.971. The minimum Gasteiger partial charge on any atom is -0.369 e. The van der Waals surface area contributed by atoms with E-state index >= 15 is 0 Å². The molecule has 1 heterocycles. The first-order valence-corrected chi connectivity index (χ1v) is 3.17. The fourth-order valence-electron chi connectivity index (χ4n) is 0.718. The van der Waals surface area contributed by atoms with Gasteiger partial charge in [0.25, 0.3) is 0 Å². The zero-order valence-electron chi connectivity index (χ0n) is 6.36. The average molecular weight is 150 g/mol. The standard InChI is InChI=1S/C7H10N4/c1-6-10-4-3-5-11(6)7(8)9-2/h3-5H,1H2,2H3,(H2,8,9). The zero-order valence-corrected chi connectivity index (χ0v) is 6.36. The molecule has 0 radical (unpaired) electrons. The Hall–Kier alpha value is -1.58. The number of aliphatic imine (C=N–C) groups is 2. The van der Waals surface area contributed by atoms with Gasteiger partial charge in [0.2, 0.25) is 5.96 Å². The molecule has 0 bridgehead atoms. The third kappa shape index (κ3) is 1.46. The fraction of sp³-hybridized carbons (Fsp3) is 0.143. The maximum Gasteiger partial charge on any atom is 0.200 e. The molecule has 0 aromatic rings. The van der Waals surface area contributed by atoms with Gasteiger partial charge in [0.05, 0.1) is 0 Å². The van der Waals surface area contributed by atoms with E-state index in [0.717, 1.165) is 0 Å². The van der Waals surface area contributed by atoms with Crippen molar-refractivity contribution in [3.05, 3.63) is 24.7 Å². The molecule has 11 heavy (non-hydrogen) atoms. The Balaban J connectivity index is 2.82. The maximum atomic E-state index is 5.53. The van der Waals surface area contributed by atoms with Gasteiger partial charge in [-0.2, -0.15) is 0 Å². The summed E-state index contributed by atoms with van der Waals surface area (Å²) < 4.78 is 0. The van der Waals surface area contributed by atoms with Crippen molar-refractivity contribution in [1.82, 2.24) is 4.90 Å². The lowest BCUT2D eigenvalue weighted by Gasteiger charge is -2.19. The molecule has 4 nitrogen and oxygen atoms in total. The van der Waals surface area contributed by atoms with Crippen molar-refractivity contribution in [2.75, 3.05) is 7.05 Å². The quantitative estimate of drug-likeness (QED) is 0.399. The zero-order chi connectivity index (χ0) is 8.27. The van der Waals surface area contributed by atoms with Crippen LogP contribution < -0.4 is 5.73 Å². The van der Waals surface area contributed by atoms with Crippen molar-refractivity contribution >= 4 is 12.2 Å². The lowest BCUT2D eigenvalue weighted by Crippen LogP contribution is -2.32. The van der Waals surface area contributed by atoms with Gasteiger partial charge in [-0.05, 0) is 6.08 Å². The van der Waals surface area contributed by atoms with Crippen molar-refractivity contribution in [1.29, 1.82) is 0 Å². The molecule has 0 fully saturated rings. The molecule has 0 unspecified atom stereocenters. The maximum absolute atomic E-state index is 5.53. The van der Waals surface area contributed by atoms with Crippen molar-refractivity contribution in [3.8, 4) is 0 Å². The molecule has 2 N–H and O–H groups in total. The van der Waals surface area contributed by atoms with Crippen LogP contribution in [0.4, 0.5) is 0 Å². The van der Waals surface area contributed by atoms with E-state index in [4.69, 9.17) is 5.73 Å². The number of nitrogens with zero attached hydrogens (tertiary/aromatic N) is 3.